The van der Waals surface area contributed by atoms with Crippen LogP contribution in [-0.2, 0) is 13.1 Å². The molecule has 0 bridgehead atoms. The molecule has 1 aliphatic heterocycles. The summed E-state index contributed by atoms with van der Waals surface area (Å²) in [6.45, 7) is 8.75. The van der Waals surface area contributed by atoms with Gasteiger partial charge in [0.15, 0.2) is 23.0 Å². The van der Waals surface area contributed by atoms with Gasteiger partial charge in [-0.2, -0.15) is 0 Å². The number of rotatable bonds is 9. The van der Waals surface area contributed by atoms with Crippen LogP contribution in [-0.4, -0.2) is 20.0 Å². The highest BCUT2D eigenvalue weighted by Crippen LogP contribution is 2.32. The molecule has 3 rings (SSSR count). The van der Waals surface area contributed by atoms with Crippen LogP contribution in [0.2, 0.25) is 0 Å². The molecule has 0 amide bonds. The number of ether oxygens (including phenoxy) is 4. The Morgan fingerprint density at radius 1 is 1.00 bits per heavy atom. The van der Waals surface area contributed by atoms with Gasteiger partial charge in [-0.05, 0) is 43.3 Å². The Balaban J connectivity index is 1.58. The molecule has 0 aliphatic carbocycles. The largest absolute Gasteiger partial charge is 0.490 e. The number of quaternary nitrogens is 1. The summed E-state index contributed by atoms with van der Waals surface area (Å²) in [7, 11) is 0. The van der Waals surface area contributed by atoms with Crippen LogP contribution in [0, 0.1) is 0 Å². The third kappa shape index (κ3) is 4.45. The van der Waals surface area contributed by atoms with Crippen molar-refractivity contribution in [1.29, 1.82) is 0 Å². The molecule has 0 unspecified atom stereocenters. The van der Waals surface area contributed by atoms with Gasteiger partial charge in [-0.3, -0.25) is 0 Å². The highest BCUT2D eigenvalue weighted by molar-refractivity contribution is 5.44. The average Bonchev–Trinajstić information content (AvgIpc) is 3.09. The molecule has 0 saturated heterocycles. The van der Waals surface area contributed by atoms with Gasteiger partial charge in [0.25, 0.3) is 0 Å². The Morgan fingerprint density at radius 2 is 1.76 bits per heavy atom. The van der Waals surface area contributed by atoms with Crippen LogP contribution in [0.3, 0.4) is 0 Å². The number of hydrogen-bond donors (Lipinski definition) is 1. The SMILES string of the molecule is C=CCOc1ccc(C[NH2+]Cc2ccc3c(c2)OCO3)cc1OCC. The minimum atomic E-state index is 0.309. The molecule has 0 atom stereocenters. The van der Waals surface area contributed by atoms with Crippen molar-refractivity contribution in [1.82, 2.24) is 0 Å². The van der Waals surface area contributed by atoms with E-state index in [1.54, 1.807) is 6.08 Å². The van der Waals surface area contributed by atoms with Crippen LogP contribution in [0.15, 0.2) is 49.1 Å². The molecule has 1 aliphatic rings. The summed E-state index contributed by atoms with van der Waals surface area (Å²) in [6, 6.07) is 12.1. The average molecular weight is 342 g/mol. The molecule has 132 valence electrons. The normalized spacial score (nSPS) is 12.0. The zero-order valence-corrected chi connectivity index (χ0v) is 14.5. The van der Waals surface area contributed by atoms with E-state index in [1.807, 2.05) is 31.2 Å². The fourth-order valence-electron chi connectivity index (χ4n) is 2.69. The van der Waals surface area contributed by atoms with Crippen molar-refractivity contribution in [3.8, 4) is 23.0 Å². The molecule has 1 heterocycles. The number of hydrogen-bond acceptors (Lipinski definition) is 4. The van der Waals surface area contributed by atoms with Gasteiger partial charge in [-0.1, -0.05) is 12.7 Å². The highest BCUT2D eigenvalue weighted by atomic mass is 16.7. The second-order valence-corrected chi connectivity index (χ2v) is 5.70. The molecule has 2 aromatic carbocycles. The quantitative estimate of drug-likeness (QED) is 0.712. The topological polar surface area (TPSA) is 53.5 Å². The smallest absolute Gasteiger partial charge is 0.231 e. The first-order valence-electron chi connectivity index (χ1n) is 8.49. The summed E-state index contributed by atoms with van der Waals surface area (Å²) in [4.78, 5) is 0. The molecule has 0 saturated carbocycles. The van der Waals surface area contributed by atoms with Gasteiger partial charge in [0.1, 0.15) is 19.7 Å². The van der Waals surface area contributed by atoms with Crippen LogP contribution in [0.4, 0.5) is 0 Å². The maximum atomic E-state index is 5.69. The molecule has 5 nitrogen and oxygen atoms in total. The summed E-state index contributed by atoms with van der Waals surface area (Å²) >= 11 is 0. The van der Waals surface area contributed by atoms with Crippen molar-refractivity contribution in [2.45, 2.75) is 20.0 Å². The third-order valence-electron chi connectivity index (χ3n) is 3.86. The minimum Gasteiger partial charge on any atom is -0.490 e. The lowest BCUT2D eigenvalue weighted by molar-refractivity contribution is -0.686. The molecule has 0 spiro atoms. The van der Waals surface area contributed by atoms with Crippen molar-refractivity contribution < 1.29 is 24.3 Å². The second kappa shape index (κ2) is 8.44. The fraction of sp³-hybridized carbons (Fsp3) is 0.300. The molecular formula is C20H24NO4+. The fourth-order valence-corrected chi connectivity index (χ4v) is 2.69. The van der Waals surface area contributed by atoms with Gasteiger partial charge in [0, 0.05) is 11.1 Å². The molecule has 0 radical (unpaired) electrons. The van der Waals surface area contributed by atoms with E-state index in [2.05, 4.69) is 24.0 Å². The summed E-state index contributed by atoms with van der Waals surface area (Å²) in [5.74, 6) is 3.17. The maximum absolute atomic E-state index is 5.69. The summed E-state index contributed by atoms with van der Waals surface area (Å²) < 4.78 is 22.1. The lowest BCUT2D eigenvalue weighted by Gasteiger charge is -2.12. The van der Waals surface area contributed by atoms with Gasteiger partial charge in [-0.25, -0.2) is 0 Å². The van der Waals surface area contributed by atoms with Crippen molar-refractivity contribution in [3.05, 3.63) is 60.2 Å². The predicted molar refractivity (Wildman–Crippen MR) is 95.2 cm³/mol. The van der Waals surface area contributed by atoms with Crippen molar-refractivity contribution in [2.75, 3.05) is 20.0 Å². The van der Waals surface area contributed by atoms with Crippen LogP contribution < -0.4 is 24.3 Å². The first kappa shape index (κ1) is 17.2. The van der Waals surface area contributed by atoms with Crippen LogP contribution in [0.5, 0.6) is 23.0 Å². The number of benzene rings is 2. The Kier molecular flexibility index (Phi) is 5.80. The van der Waals surface area contributed by atoms with Crippen molar-refractivity contribution in [2.24, 2.45) is 0 Å². The first-order chi connectivity index (χ1) is 12.3. The number of nitrogens with two attached hydrogens (primary N) is 1. The van der Waals surface area contributed by atoms with Crippen LogP contribution in [0.25, 0.3) is 0 Å². The molecule has 0 aromatic heterocycles. The van der Waals surface area contributed by atoms with E-state index >= 15 is 0 Å². The Morgan fingerprint density at radius 3 is 2.56 bits per heavy atom. The summed E-state index contributed by atoms with van der Waals surface area (Å²) in [5, 5.41) is 2.24. The lowest BCUT2D eigenvalue weighted by Crippen LogP contribution is -2.80. The number of fused-ring (bicyclic) bond motifs is 1. The molecule has 2 N–H and O–H groups in total. The first-order valence-corrected chi connectivity index (χ1v) is 8.49. The van der Waals surface area contributed by atoms with Gasteiger partial charge in [0.2, 0.25) is 6.79 Å². The van der Waals surface area contributed by atoms with Crippen LogP contribution in [0.1, 0.15) is 18.1 Å². The van der Waals surface area contributed by atoms with Crippen molar-refractivity contribution >= 4 is 0 Å². The van der Waals surface area contributed by atoms with E-state index in [9.17, 15) is 0 Å². The van der Waals surface area contributed by atoms with E-state index in [1.165, 1.54) is 11.1 Å². The molecule has 25 heavy (non-hydrogen) atoms. The van der Waals surface area contributed by atoms with E-state index in [0.29, 0.717) is 20.0 Å². The summed E-state index contributed by atoms with van der Waals surface area (Å²) in [6.07, 6.45) is 1.72. The second-order valence-electron chi connectivity index (χ2n) is 5.70. The van der Waals surface area contributed by atoms with E-state index in [0.717, 1.165) is 36.1 Å². The zero-order chi connectivity index (χ0) is 17.5. The van der Waals surface area contributed by atoms with Gasteiger partial charge in [-0.15, -0.1) is 0 Å². The van der Waals surface area contributed by atoms with Gasteiger partial charge < -0.3 is 24.3 Å². The predicted octanol–water partition coefficient (Wildman–Crippen LogP) is 2.64. The summed E-state index contributed by atoms with van der Waals surface area (Å²) in [5.41, 5.74) is 2.40. The Labute approximate surface area is 148 Å². The standard InChI is InChI=1S/C20H23NO4/c1-3-9-23-17-7-5-15(10-19(17)22-4-2)12-21-13-16-6-8-18-20(11-16)25-14-24-18/h3,5-8,10-11,21H,1,4,9,12-14H2,2H3/p+1. The molecule has 2 aromatic rings. The Bertz CT molecular complexity index is 730. The highest BCUT2D eigenvalue weighted by Gasteiger charge is 2.13. The molecule has 5 heteroatoms. The monoisotopic (exact) mass is 342 g/mol. The third-order valence-corrected chi connectivity index (χ3v) is 3.86. The van der Waals surface area contributed by atoms with Gasteiger partial charge >= 0.3 is 0 Å². The maximum Gasteiger partial charge on any atom is 0.231 e. The molecule has 0 fully saturated rings. The Hall–Kier alpha value is -2.66. The lowest BCUT2D eigenvalue weighted by atomic mass is 10.1. The zero-order valence-electron chi connectivity index (χ0n) is 14.5. The van der Waals surface area contributed by atoms with Gasteiger partial charge in [0.05, 0.1) is 6.61 Å². The van der Waals surface area contributed by atoms with E-state index in [4.69, 9.17) is 18.9 Å². The molecular weight excluding hydrogens is 318 g/mol. The van der Waals surface area contributed by atoms with E-state index < -0.39 is 0 Å². The minimum absolute atomic E-state index is 0.309. The van der Waals surface area contributed by atoms with Crippen LogP contribution >= 0.6 is 0 Å². The van der Waals surface area contributed by atoms with Crippen molar-refractivity contribution in [3.63, 3.8) is 0 Å². The van der Waals surface area contributed by atoms with E-state index in [-0.39, 0.29) is 0 Å².